The van der Waals surface area contributed by atoms with E-state index in [1.165, 1.54) is 6.07 Å². The van der Waals surface area contributed by atoms with Crippen molar-refractivity contribution in [1.82, 2.24) is 0 Å². The monoisotopic (exact) mass is 244 g/mol. The van der Waals surface area contributed by atoms with Gasteiger partial charge in [-0.2, -0.15) is 0 Å². The molecule has 0 radical (unpaired) electrons. The van der Waals surface area contributed by atoms with Gasteiger partial charge in [-0.05, 0) is 13.0 Å². The summed E-state index contributed by atoms with van der Waals surface area (Å²) in [4.78, 5) is 21.4. The molecule has 0 aliphatic carbocycles. The topological polar surface area (TPSA) is 95.5 Å². The van der Waals surface area contributed by atoms with Gasteiger partial charge >= 0.3 is 5.97 Å². The summed E-state index contributed by atoms with van der Waals surface area (Å²) in [6, 6.07) is 2.39. The van der Waals surface area contributed by atoms with Crippen molar-refractivity contribution in [2.24, 2.45) is 0 Å². The number of ether oxygens (including phenoxy) is 1. The third kappa shape index (κ3) is 2.22. The molecule has 0 spiro atoms. The Morgan fingerprint density at radius 3 is 2.75 bits per heavy atom. The predicted octanol–water partition coefficient (Wildman–Crippen LogP) is 2.01. The number of nitro benzene ring substituents is 1. The SMILES string of the molecule is CCOC(=O)c1c(N)ccc([N+](=O)[O-])c1Cl. The van der Waals surface area contributed by atoms with E-state index in [4.69, 9.17) is 22.1 Å². The first-order valence-corrected chi connectivity index (χ1v) is 4.76. The highest BCUT2D eigenvalue weighted by molar-refractivity contribution is 6.36. The zero-order valence-corrected chi connectivity index (χ0v) is 9.15. The Bertz CT molecular complexity index is 447. The first-order valence-electron chi connectivity index (χ1n) is 4.38. The third-order valence-electron chi connectivity index (χ3n) is 1.83. The van der Waals surface area contributed by atoms with Crippen LogP contribution in [0.4, 0.5) is 11.4 Å². The van der Waals surface area contributed by atoms with Crippen LogP contribution < -0.4 is 5.73 Å². The molecule has 0 atom stereocenters. The van der Waals surface area contributed by atoms with Gasteiger partial charge < -0.3 is 10.5 Å². The first kappa shape index (κ1) is 12.3. The summed E-state index contributed by atoms with van der Waals surface area (Å²) in [5.74, 6) is -0.770. The van der Waals surface area contributed by atoms with Crippen molar-refractivity contribution in [3.8, 4) is 0 Å². The fourth-order valence-corrected chi connectivity index (χ4v) is 1.45. The molecule has 6 nitrogen and oxygen atoms in total. The van der Waals surface area contributed by atoms with Crippen LogP contribution in [0.3, 0.4) is 0 Å². The minimum atomic E-state index is -0.770. The molecule has 0 aliphatic rings. The van der Waals surface area contributed by atoms with Gasteiger partial charge in [-0.3, -0.25) is 10.1 Å². The maximum atomic E-state index is 11.5. The molecule has 0 heterocycles. The highest BCUT2D eigenvalue weighted by atomic mass is 35.5. The van der Waals surface area contributed by atoms with Crippen LogP contribution in [0.1, 0.15) is 17.3 Å². The van der Waals surface area contributed by atoms with Crippen molar-refractivity contribution in [3.63, 3.8) is 0 Å². The van der Waals surface area contributed by atoms with E-state index in [1.54, 1.807) is 6.92 Å². The summed E-state index contributed by atoms with van der Waals surface area (Å²) in [5.41, 5.74) is 5.02. The number of hydrogen-bond donors (Lipinski definition) is 1. The summed E-state index contributed by atoms with van der Waals surface area (Å²) in [7, 11) is 0. The summed E-state index contributed by atoms with van der Waals surface area (Å²) in [5, 5.41) is 10.3. The number of nitrogens with two attached hydrogens (primary N) is 1. The van der Waals surface area contributed by atoms with Crippen molar-refractivity contribution >= 4 is 28.9 Å². The van der Waals surface area contributed by atoms with E-state index < -0.39 is 10.9 Å². The molecule has 1 aromatic carbocycles. The third-order valence-corrected chi connectivity index (χ3v) is 2.21. The molecular formula is C9H9ClN2O4. The standard InChI is InChI=1S/C9H9ClN2O4/c1-2-16-9(13)7-5(11)3-4-6(8(7)10)12(14)15/h3-4H,2,11H2,1H3. The fraction of sp³-hybridized carbons (Fsp3) is 0.222. The van der Waals surface area contributed by atoms with E-state index >= 15 is 0 Å². The lowest BCUT2D eigenvalue weighted by Crippen LogP contribution is -2.09. The van der Waals surface area contributed by atoms with Crippen LogP contribution in [0.25, 0.3) is 0 Å². The lowest BCUT2D eigenvalue weighted by molar-refractivity contribution is -0.384. The fourth-order valence-electron chi connectivity index (χ4n) is 1.13. The van der Waals surface area contributed by atoms with Crippen LogP contribution in [-0.2, 0) is 4.74 Å². The van der Waals surface area contributed by atoms with Crippen molar-refractivity contribution < 1.29 is 14.5 Å². The summed E-state index contributed by atoms with van der Waals surface area (Å²) in [6.07, 6.45) is 0. The Morgan fingerprint density at radius 1 is 1.62 bits per heavy atom. The van der Waals surface area contributed by atoms with Gasteiger partial charge in [0.05, 0.1) is 11.5 Å². The molecule has 0 fully saturated rings. The van der Waals surface area contributed by atoms with E-state index in [9.17, 15) is 14.9 Å². The van der Waals surface area contributed by atoms with E-state index in [0.717, 1.165) is 6.07 Å². The van der Waals surface area contributed by atoms with E-state index in [-0.39, 0.29) is 28.6 Å². The molecule has 86 valence electrons. The van der Waals surface area contributed by atoms with Gasteiger partial charge in [-0.1, -0.05) is 11.6 Å². The largest absolute Gasteiger partial charge is 0.462 e. The molecule has 1 aromatic rings. The molecule has 2 N–H and O–H groups in total. The molecule has 0 bridgehead atoms. The lowest BCUT2D eigenvalue weighted by Gasteiger charge is -2.07. The van der Waals surface area contributed by atoms with Crippen LogP contribution in [0, 0.1) is 10.1 Å². The Kier molecular flexibility index (Phi) is 3.68. The molecule has 1 rings (SSSR count). The number of esters is 1. The van der Waals surface area contributed by atoms with E-state index in [0.29, 0.717) is 0 Å². The van der Waals surface area contributed by atoms with Gasteiger partial charge in [0.1, 0.15) is 10.6 Å². The van der Waals surface area contributed by atoms with Crippen LogP contribution in [0.2, 0.25) is 5.02 Å². The van der Waals surface area contributed by atoms with Gasteiger partial charge in [-0.15, -0.1) is 0 Å². The maximum Gasteiger partial charge on any atom is 0.342 e. The average molecular weight is 245 g/mol. The van der Waals surface area contributed by atoms with Crippen LogP contribution in [0.15, 0.2) is 12.1 Å². The normalized spacial score (nSPS) is 9.88. The Labute approximate surface area is 96.1 Å². The second kappa shape index (κ2) is 4.80. The quantitative estimate of drug-likeness (QED) is 0.380. The van der Waals surface area contributed by atoms with Gasteiger partial charge in [0.2, 0.25) is 0 Å². The van der Waals surface area contributed by atoms with E-state index in [2.05, 4.69) is 0 Å². The number of carbonyl (C=O) groups is 1. The number of carbonyl (C=O) groups excluding carboxylic acids is 1. The first-order chi connectivity index (χ1) is 7.49. The van der Waals surface area contributed by atoms with Crippen molar-refractivity contribution in [2.45, 2.75) is 6.92 Å². The minimum Gasteiger partial charge on any atom is -0.462 e. The Hall–Kier alpha value is -1.82. The van der Waals surface area contributed by atoms with Crippen molar-refractivity contribution in [1.29, 1.82) is 0 Å². The average Bonchev–Trinajstić information content (AvgIpc) is 2.17. The number of halogens is 1. The highest BCUT2D eigenvalue weighted by Crippen LogP contribution is 2.32. The molecule has 0 saturated heterocycles. The second-order valence-electron chi connectivity index (χ2n) is 2.84. The molecule has 0 amide bonds. The molecule has 0 saturated carbocycles. The number of benzene rings is 1. The van der Waals surface area contributed by atoms with Crippen LogP contribution in [-0.4, -0.2) is 17.5 Å². The van der Waals surface area contributed by atoms with Gasteiger partial charge in [0.25, 0.3) is 5.69 Å². The number of rotatable bonds is 3. The number of nitro groups is 1. The van der Waals surface area contributed by atoms with Crippen LogP contribution >= 0.6 is 11.6 Å². The van der Waals surface area contributed by atoms with E-state index in [1.807, 2.05) is 0 Å². The molecule has 0 aliphatic heterocycles. The number of anilines is 1. The molecule has 16 heavy (non-hydrogen) atoms. The van der Waals surface area contributed by atoms with Gasteiger partial charge in [0.15, 0.2) is 0 Å². The zero-order chi connectivity index (χ0) is 12.3. The Balaban J connectivity index is 3.31. The molecule has 0 aromatic heterocycles. The highest BCUT2D eigenvalue weighted by Gasteiger charge is 2.23. The predicted molar refractivity (Wildman–Crippen MR) is 58.5 cm³/mol. The zero-order valence-electron chi connectivity index (χ0n) is 8.40. The number of nitrogens with zero attached hydrogens (tertiary/aromatic N) is 1. The molecular weight excluding hydrogens is 236 g/mol. The lowest BCUT2D eigenvalue weighted by atomic mass is 10.1. The summed E-state index contributed by atoms with van der Waals surface area (Å²) >= 11 is 5.72. The van der Waals surface area contributed by atoms with Crippen LogP contribution in [0.5, 0.6) is 0 Å². The minimum absolute atomic E-state index is 0.0500. The Morgan fingerprint density at radius 2 is 2.25 bits per heavy atom. The smallest absolute Gasteiger partial charge is 0.342 e. The van der Waals surface area contributed by atoms with Gasteiger partial charge in [-0.25, -0.2) is 4.79 Å². The van der Waals surface area contributed by atoms with Crippen molar-refractivity contribution in [2.75, 3.05) is 12.3 Å². The maximum absolute atomic E-state index is 11.5. The second-order valence-corrected chi connectivity index (χ2v) is 3.22. The van der Waals surface area contributed by atoms with Gasteiger partial charge in [0, 0.05) is 11.8 Å². The molecule has 0 unspecified atom stereocenters. The molecule has 7 heteroatoms. The summed E-state index contributed by atoms with van der Waals surface area (Å²) < 4.78 is 4.70. The number of hydrogen-bond acceptors (Lipinski definition) is 5. The number of nitrogen functional groups attached to an aromatic ring is 1. The van der Waals surface area contributed by atoms with Crippen molar-refractivity contribution in [3.05, 3.63) is 32.8 Å². The summed E-state index contributed by atoms with van der Waals surface area (Å²) in [6.45, 7) is 1.75.